The molecule has 3 unspecified atom stereocenters. The summed E-state index contributed by atoms with van der Waals surface area (Å²) < 4.78 is 10.4. The van der Waals surface area contributed by atoms with E-state index in [0.29, 0.717) is 36.9 Å². The van der Waals surface area contributed by atoms with Crippen LogP contribution in [0.15, 0.2) is 33.5 Å². The maximum absolute atomic E-state index is 12.8. The highest BCUT2D eigenvalue weighted by molar-refractivity contribution is 6.03. The number of esters is 1. The lowest BCUT2D eigenvalue weighted by molar-refractivity contribution is -0.146. The number of hydrogen-bond acceptors (Lipinski definition) is 9. The number of nitrogens with one attached hydrogen (secondary N) is 3. The number of hydrogen-bond donors (Lipinski definition) is 3. The molecule has 0 radical (unpaired) electrons. The van der Waals surface area contributed by atoms with Crippen molar-refractivity contribution in [2.75, 3.05) is 18.4 Å². The van der Waals surface area contributed by atoms with Crippen molar-refractivity contribution in [1.29, 1.82) is 0 Å². The fourth-order valence-corrected chi connectivity index (χ4v) is 5.26. The predicted molar refractivity (Wildman–Crippen MR) is 169 cm³/mol. The van der Waals surface area contributed by atoms with E-state index in [2.05, 4.69) is 16.0 Å². The zero-order valence-corrected chi connectivity index (χ0v) is 27.3. The fraction of sp³-hybridized carbons (Fsp3) is 0.545. The van der Waals surface area contributed by atoms with Crippen molar-refractivity contribution in [1.82, 2.24) is 15.5 Å². The van der Waals surface area contributed by atoms with E-state index in [0.717, 1.165) is 0 Å². The molecule has 13 nitrogen and oxygen atoms in total. The zero-order valence-electron chi connectivity index (χ0n) is 27.3. The quantitative estimate of drug-likeness (QED) is 0.114. The van der Waals surface area contributed by atoms with Crippen molar-refractivity contribution in [3.63, 3.8) is 0 Å². The number of amides is 5. The molecule has 1 aliphatic heterocycles. The third-order valence-corrected chi connectivity index (χ3v) is 7.89. The molecule has 1 saturated heterocycles. The number of fused-ring (bicyclic) bond motifs is 1. The molecule has 5 amide bonds. The molecule has 3 atom stereocenters. The molecule has 0 spiro atoms. The molecule has 2 aromatic rings. The predicted octanol–water partition coefficient (Wildman–Crippen LogP) is 3.20. The van der Waals surface area contributed by atoms with Gasteiger partial charge in [0.05, 0.1) is 12.1 Å². The molecule has 13 heteroatoms. The molecule has 46 heavy (non-hydrogen) atoms. The maximum atomic E-state index is 12.8. The summed E-state index contributed by atoms with van der Waals surface area (Å²) in [5.41, 5.74) is 0.0592. The van der Waals surface area contributed by atoms with Gasteiger partial charge in [0.15, 0.2) is 0 Å². The highest BCUT2D eigenvalue weighted by Crippen LogP contribution is 2.27. The number of imide groups is 1. The number of likely N-dealkylation sites (tertiary alicyclic amines) is 1. The molecule has 0 saturated carbocycles. The van der Waals surface area contributed by atoms with Crippen LogP contribution in [0.5, 0.6) is 0 Å². The standard InChI is InChI=1S/C33H44N4O9/c1-18(2)24-16-29(41)37(32(24)43)13-9-7-8-10-27(39)36-30(19(3)4)31(42)34-17-28(40)35-23-12-11-22-14-25(20(5)45-21(6)38)33(44)46-26(22)15-23/h11-12,14-15,18-20,24,30H,7-10,13,16-17H2,1-6H3,(H,34,42)(H,35,40)(H,36,39). The average Bonchev–Trinajstić information content (AvgIpc) is 3.26. The van der Waals surface area contributed by atoms with E-state index < -0.39 is 35.6 Å². The van der Waals surface area contributed by atoms with Gasteiger partial charge >= 0.3 is 11.6 Å². The van der Waals surface area contributed by atoms with Crippen molar-refractivity contribution in [3.05, 3.63) is 40.2 Å². The van der Waals surface area contributed by atoms with Crippen LogP contribution in [0.1, 0.15) is 85.3 Å². The van der Waals surface area contributed by atoms with Gasteiger partial charge in [0.2, 0.25) is 29.5 Å². The lowest BCUT2D eigenvalue weighted by Crippen LogP contribution is -2.51. The minimum Gasteiger partial charge on any atom is -0.458 e. The summed E-state index contributed by atoms with van der Waals surface area (Å²) in [5.74, 6) is -2.54. The van der Waals surface area contributed by atoms with Crippen molar-refractivity contribution in [2.45, 2.75) is 85.8 Å². The molecule has 3 N–H and O–H groups in total. The smallest absolute Gasteiger partial charge is 0.343 e. The largest absolute Gasteiger partial charge is 0.458 e. The average molecular weight is 641 g/mol. The summed E-state index contributed by atoms with van der Waals surface area (Å²) in [6.45, 7) is 10.2. The van der Waals surface area contributed by atoms with Crippen LogP contribution in [0.4, 0.5) is 5.69 Å². The van der Waals surface area contributed by atoms with Gasteiger partial charge in [-0.1, -0.05) is 34.1 Å². The number of anilines is 1. The molecule has 1 aliphatic rings. The number of ether oxygens (including phenoxy) is 1. The third kappa shape index (κ3) is 9.72. The Morgan fingerprint density at radius 3 is 2.33 bits per heavy atom. The van der Waals surface area contributed by atoms with Gasteiger partial charge in [0.25, 0.3) is 0 Å². The van der Waals surface area contributed by atoms with Crippen LogP contribution >= 0.6 is 0 Å². The Labute approximate surface area is 267 Å². The Balaban J connectivity index is 1.44. The van der Waals surface area contributed by atoms with Crippen LogP contribution in [0.2, 0.25) is 0 Å². The lowest BCUT2D eigenvalue weighted by atomic mass is 9.94. The van der Waals surface area contributed by atoms with E-state index in [1.807, 2.05) is 13.8 Å². The monoisotopic (exact) mass is 640 g/mol. The van der Waals surface area contributed by atoms with Gasteiger partial charge in [-0.05, 0) is 49.8 Å². The van der Waals surface area contributed by atoms with Gasteiger partial charge in [-0.2, -0.15) is 0 Å². The number of rotatable bonds is 15. The highest BCUT2D eigenvalue weighted by atomic mass is 16.5. The second-order valence-electron chi connectivity index (χ2n) is 12.3. The van der Waals surface area contributed by atoms with E-state index in [1.165, 1.54) is 17.9 Å². The molecule has 0 bridgehead atoms. The summed E-state index contributed by atoms with van der Waals surface area (Å²) >= 11 is 0. The summed E-state index contributed by atoms with van der Waals surface area (Å²) in [6, 6.07) is 5.40. The Morgan fingerprint density at radius 1 is 0.978 bits per heavy atom. The first-order valence-corrected chi connectivity index (χ1v) is 15.6. The topological polar surface area (TPSA) is 181 Å². The SMILES string of the molecule is CC(=O)OC(C)c1cc2ccc(NC(=O)CNC(=O)C(NC(=O)CCCCCN3C(=O)CC(C(C)C)C3=O)C(C)C)cc2oc1=O. The van der Waals surface area contributed by atoms with Gasteiger partial charge in [0, 0.05) is 49.4 Å². The van der Waals surface area contributed by atoms with Crippen molar-refractivity contribution < 1.29 is 37.9 Å². The Kier molecular flexibility index (Phi) is 12.6. The molecule has 1 fully saturated rings. The maximum Gasteiger partial charge on any atom is 0.343 e. The summed E-state index contributed by atoms with van der Waals surface area (Å²) in [7, 11) is 0. The first kappa shape index (κ1) is 35.9. The molecular formula is C33H44N4O9. The minimum absolute atomic E-state index is 0.113. The Hall–Kier alpha value is -4.55. The number of benzene rings is 1. The minimum atomic E-state index is -0.855. The van der Waals surface area contributed by atoms with Crippen molar-refractivity contribution in [3.8, 4) is 0 Å². The second kappa shape index (κ2) is 16.1. The van der Waals surface area contributed by atoms with Gasteiger partial charge in [-0.25, -0.2) is 4.79 Å². The summed E-state index contributed by atoms with van der Waals surface area (Å²) in [4.78, 5) is 87.6. The third-order valence-electron chi connectivity index (χ3n) is 7.89. The van der Waals surface area contributed by atoms with Crippen LogP contribution in [-0.2, 0) is 33.5 Å². The van der Waals surface area contributed by atoms with E-state index in [4.69, 9.17) is 9.15 Å². The molecular weight excluding hydrogens is 596 g/mol. The summed E-state index contributed by atoms with van der Waals surface area (Å²) in [5, 5.41) is 8.48. The van der Waals surface area contributed by atoms with E-state index in [-0.39, 0.29) is 66.0 Å². The van der Waals surface area contributed by atoms with E-state index in [1.54, 1.807) is 39.0 Å². The zero-order chi connectivity index (χ0) is 34.1. The summed E-state index contributed by atoms with van der Waals surface area (Å²) in [6.07, 6.45) is 1.41. The van der Waals surface area contributed by atoms with Crippen LogP contribution in [0, 0.1) is 17.8 Å². The first-order valence-electron chi connectivity index (χ1n) is 15.6. The number of carbonyl (C=O) groups is 6. The van der Waals surface area contributed by atoms with Crippen LogP contribution in [0.25, 0.3) is 11.0 Å². The normalized spacial score (nSPS) is 16.1. The molecule has 250 valence electrons. The highest BCUT2D eigenvalue weighted by Gasteiger charge is 2.39. The van der Waals surface area contributed by atoms with E-state index >= 15 is 0 Å². The van der Waals surface area contributed by atoms with Crippen LogP contribution in [-0.4, -0.2) is 59.5 Å². The molecule has 0 aliphatic carbocycles. The number of nitrogens with zero attached hydrogens (tertiary/aromatic N) is 1. The van der Waals surface area contributed by atoms with Gasteiger partial charge in [-0.15, -0.1) is 0 Å². The van der Waals surface area contributed by atoms with Gasteiger partial charge in [0.1, 0.15) is 17.7 Å². The van der Waals surface area contributed by atoms with Crippen LogP contribution in [0.3, 0.4) is 0 Å². The van der Waals surface area contributed by atoms with Gasteiger partial charge in [-0.3, -0.25) is 33.7 Å². The molecule has 2 heterocycles. The van der Waals surface area contributed by atoms with Crippen LogP contribution < -0.4 is 21.6 Å². The first-order chi connectivity index (χ1) is 21.7. The Morgan fingerprint density at radius 2 is 1.70 bits per heavy atom. The number of carbonyl (C=O) groups excluding carboxylic acids is 6. The fourth-order valence-electron chi connectivity index (χ4n) is 5.26. The second-order valence-corrected chi connectivity index (χ2v) is 12.3. The number of unbranched alkanes of at least 4 members (excludes halogenated alkanes) is 2. The molecule has 1 aromatic heterocycles. The van der Waals surface area contributed by atoms with Crippen molar-refractivity contribution >= 4 is 52.2 Å². The lowest BCUT2D eigenvalue weighted by Gasteiger charge is -2.21. The van der Waals surface area contributed by atoms with E-state index in [9.17, 15) is 33.6 Å². The molecule has 1 aromatic carbocycles. The Bertz CT molecular complexity index is 1530. The van der Waals surface area contributed by atoms with Crippen molar-refractivity contribution in [2.24, 2.45) is 17.8 Å². The molecule has 3 rings (SSSR count). The van der Waals surface area contributed by atoms with Gasteiger partial charge < -0.3 is 25.1 Å².